The molecule has 8 aromatic carbocycles. The normalized spacial score (nSPS) is 19.4. The quantitative estimate of drug-likeness (QED) is 0.155. The fourth-order valence-corrected chi connectivity index (χ4v) is 13.4. The molecule has 2 atom stereocenters. The molecule has 63 heavy (non-hydrogen) atoms. The van der Waals surface area contributed by atoms with Crippen LogP contribution in [0.15, 0.2) is 170 Å². The highest BCUT2D eigenvalue weighted by Gasteiger charge is 2.61. The van der Waals surface area contributed by atoms with Crippen molar-refractivity contribution < 1.29 is 0 Å². The molecular weight excluding hydrogens is 778 g/mol. The van der Waals surface area contributed by atoms with Crippen LogP contribution in [0.5, 0.6) is 0 Å². The fourth-order valence-electron chi connectivity index (χ4n) is 12.2. The minimum atomic E-state index is -1.53. The van der Waals surface area contributed by atoms with E-state index in [1.165, 1.54) is 103 Å². The van der Waals surface area contributed by atoms with Crippen LogP contribution in [0.4, 0.5) is 45.5 Å². The molecule has 3 nitrogen and oxygen atoms in total. The van der Waals surface area contributed by atoms with E-state index in [-0.39, 0.29) is 17.7 Å². The number of aryl methyl sites for hydroxylation is 1. The first-order chi connectivity index (χ1) is 30.5. The zero-order valence-electron chi connectivity index (χ0n) is 37.4. The molecular formula is C58H54BN3Si. The second-order valence-corrected chi connectivity index (χ2v) is 25.2. The van der Waals surface area contributed by atoms with Crippen molar-refractivity contribution in [3.63, 3.8) is 0 Å². The molecule has 1 fully saturated rings. The van der Waals surface area contributed by atoms with Gasteiger partial charge in [-0.2, -0.15) is 0 Å². The minimum Gasteiger partial charge on any atom is -0.335 e. The number of nitrogens with zero attached hydrogens (tertiary/aromatic N) is 3. The number of rotatable bonds is 6. The smallest absolute Gasteiger partial charge is 0.252 e. The highest BCUT2D eigenvalue weighted by Crippen LogP contribution is 2.61. The van der Waals surface area contributed by atoms with Crippen molar-refractivity contribution in [1.82, 2.24) is 0 Å². The van der Waals surface area contributed by atoms with Crippen LogP contribution < -0.4 is 36.3 Å². The lowest BCUT2D eigenvalue weighted by Gasteiger charge is -2.53. The van der Waals surface area contributed by atoms with Crippen molar-refractivity contribution in [2.75, 3.05) is 14.7 Å². The molecule has 0 N–H and O–H groups in total. The van der Waals surface area contributed by atoms with E-state index in [2.05, 4.69) is 225 Å². The Balaban J connectivity index is 1.10. The van der Waals surface area contributed by atoms with Crippen molar-refractivity contribution in [3.8, 4) is 11.1 Å². The van der Waals surface area contributed by atoms with Gasteiger partial charge in [0, 0.05) is 50.9 Å². The van der Waals surface area contributed by atoms with Crippen molar-refractivity contribution in [1.29, 1.82) is 0 Å². The van der Waals surface area contributed by atoms with Gasteiger partial charge >= 0.3 is 0 Å². The topological polar surface area (TPSA) is 9.72 Å². The fraction of sp³-hybridized carbons (Fsp3) is 0.207. The Morgan fingerprint density at radius 3 is 2.11 bits per heavy atom. The van der Waals surface area contributed by atoms with Gasteiger partial charge in [-0.3, -0.25) is 0 Å². The Bertz CT molecular complexity index is 3130. The molecule has 3 heterocycles. The summed E-state index contributed by atoms with van der Waals surface area (Å²) >= 11 is 0. The summed E-state index contributed by atoms with van der Waals surface area (Å²) in [5.41, 5.74) is 19.6. The number of fused-ring (bicyclic) bond motifs is 8. The van der Waals surface area contributed by atoms with E-state index in [0.717, 1.165) is 17.1 Å². The van der Waals surface area contributed by atoms with Gasteiger partial charge in [-0.15, -0.1) is 0 Å². The first-order valence-corrected chi connectivity index (χ1v) is 26.6. The third-order valence-corrected chi connectivity index (χ3v) is 17.6. The van der Waals surface area contributed by atoms with Crippen LogP contribution >= 0.6 is 0 Å². The number of anilines is 8. The number of benzene rings is 8. The second-order valence-electron chi connectivity index (χ2n) is 20.2. The van der Waals surface area contributed by atoms with Gasteiger partial charge < -0.3 is 14.7 Å². The molecule has 308 valence electrons. The third kappa shape index (κ3) is 5.58. The molecule has 8 aromatic rings. The predicted molar refractivity (Wildman–Crippen MR) is 274 cm³/mol. The van der Waals surface area contributed by atoms with Gasteiger partial charge in [0.15, 0.2) is 0 Å². The molecule has 0 saturated heterocycles. The van der Waals surface area contributed by atoms with E-state index in [0.29, 0.717) is 0 Å². The molecule has 2 unspecified atom stereocenters. The minimum absolute atomic E-state index is 0.000922. The molecule has 4 aliphatic rings. The van der Waals surface area contributed by atoms with E-state index in [1.54, 1.807) is 5.56 Å². The van der Waals surface area contributed by atoms with Gasteiger partial charge in [-0.1, -0.05) is 154 Å². The SMILES string of the molecule is Cc1cc2c3c(c1)N1c4c(cccc4C4(C)CCCCC14C)B3c1ccc(N(c3ccccc3)c3cccc(-c4cccc5ccccc45)c3)cc1N2c1ccc([Si](C)(C)C)cc1. The van der Waals surface area contributed by atoms with Crippen LogP contribution in [0.2, 0.25) is 19.6 Å². The number of hydrogen-bond donors (Lipinski definition) is 0. The maximum absolute atomic E-state index is 2.84. The Morgan fingerprint density at radius 2 is 1.29 bits per heavy atom. The molecule has 1 saturated carbocycles. The van der Waals surface area contributed by atoms with Crippen molar-refractivity contribution >= 4 is 92.6 Å². The second kappa shape index (κ2) is 13.8. The standard InChI is InChI=1S/C58H54BN3Si/c1-39-35-53-55-54(36-39)62-56-49(57(2)33-12-13-34-58(57,62)3)25-16-26-51(56)59(55)50-32-29-45(38-52(50)61(53)43-27-30-46(31-28-43)63(4,5)6)60(42-20-8-7-9-21-42)44-22-14-19-41(37-44)48-24-15-18-40-17-10-11-23-47(40)48/h7-11,14-32,35-38H,12-13,33-34H2,1-6H3. The first kappa shape index (κ1) is 38.4. The van der Waals surface area contributed by atoms with Crippen molar-refractivity contribution in [3.05, 3.63) is 181 Å². The first-order valence-electron chi connectivity index (χ1n) is 23.1. The molecule has 1 aliphatic carbocycles. The van der Waals surface area contributed by atoms with Crippen LogP contribution in [0.25, 0.3) is 21.9 Å². The highest BCUT2D eigenvalue weighted by atomic mass is 28.3. The monoisotopic (exact) mass is 831 g/mol. The van der Waals surface area contributed by atoms with Crippen LogP contribution in [0.1, 0.15) is 50.7 Å². The van der Waals surface area contributed by atoms with Crippen LogP contribution in [0.3, 0.4) is 0 Å². The van der Waals surface area contributed by atoms with Crippen LogP contribution in [-0.2, 0) is 5.41 Å². The van der Waals surface area contributed by atoms with Gasteiger partial charge in [0.2, 0.25) is 0 Å². The molecule has 12 rings (SSSR count). The van der Waals surface area contributed by atoms with E-state index < -0.39 is 8.07 Å². The van der Waals surface area contributed by atoms with Crippen molar-refractivity contribution in [2.24, 2.45) is 0 Å². The van der Waals surface area contributed by atoms with E-state index >= 15 is 0 Å². The van der Waals surface area contributed by atoms with E-state index in [4.69, 9.17) is 0 Å². The number of para-hydroxylation sites is 2. The average molecular weight is 832 g/mol. The predicted octanol–water partition coefficient (Wildman–Crippen LogP) is 13.2. The summed E-state index contributed by atoms with van der Waals surface area (Å²) in [7, 11) is -1.53. The summed E-state index contributed by atoms with van der Waals surface area (Å²) in [5, 5.41) is 4.00. The lowest BCUT2D eigenvalue weighted by molar-refractivity contribution is 0.195. The van der Waals surface area contributed by atoms with Gasteiger partial charge in [-0.25, -0.2) is 0 Å². The largest absolute Gasteiger partial charge is 0.335 e. The molecule has 0 aromatic heterocycles. The van der Waals surface area contributed by atoms with Gasteiger partial charge in [0.05, 0.1) is 13.6 Å². The zero-order chi connectivity index (χ0) is 42.8. The average Bonchev–Trinajstić information content (AvgIpc) is 3.51. The molecule has 0 spiro atoms. The molecule has 3 aliphatic heterocycles. The maximum Gasteiger partial charge on any atom is 0.252 e. The van der Waals surface area contributed by atoms with E-state index in [9.17, 15) is 0 Å². The Morgan fingerprint density at radius 1 is 0.587 bits per heavy atom. The van der Waals surface area contributed by atoms with E-state index in [1.807, 2.05) is 0 Å². The summed E-state index contributed by atoms with van der Waals surface area (Å²) in [6.45, 7) is 14.9. The van der Waals surface area contributed by atoms with Crippen molar-refractivity contribution in [2.45, 2.75) is 77.0 Å². The lowest BCUT2D eigenvalue weighted by Crippen LogP contribution is -2.64. The zero-order valence-corrected chi connectivity index (χ0v) is 38.4. The molecule has 0 bridgehead atoms. The molecule has 0 amide bonds. The third-order valence-electron chi connectivity index (χ3n) is 15.6. The summed E-state index contributed by atoms with van der Waals surface area (Å²) < 4.78 is 0. The van der Waals surface area contributed by atoms with Gasteiger partial charge in [-0.05, 0) is 137 Å². The Kier molecular flexibility index (Phi) is 8.44. The Labute approximate surface area is 374 Å². The summed E-state index contributed by atoms with van der Waals surface area (Å²) in [4.78, 5) is 7.90. The maximum atomic E-state index is 2.84. The molecule has 5 heteroatoms. The summed E-state index contributed by atoms with van der Waals surface area (Å²) in [6, 6.07) is 64.6. The highest BCUT2D eigenvalue weighted by molar-refractivity contribution is 7.00. The van der Waals surface area contributed by atoms with Crippen LogP contribution in [-0.4, -0.2) is 20.3 Å². The van der Waals surface area contributed by atoms with Gasteiger partial charge in [0.25, 0.3) is 6.71 Å². The number of hydrogen-bond acceptors (Lipinski definition) is 3. The summed E-state index contributed by atoms with van der Waals surface area (Å²) in [5.74, 6) is 0. The lowest BCUT2D eigenvalue weighted by atomic mass is 9.33. The van der Waals surface area contributed by atoms with Gasteiger partial charge in [0.1, 0.15) is 0 Å². The van der Waals surface area contributed by atoms with Crippen LogP contribution in [0, 0.1) is 6.92 Å². The molecule has 0 radical (unpaired) electrons. The summed E-state index contributed by atoms with van der Waals surface area (Å²) in [6.07, 6.45) is 4.98. The Hall–Kier alpha value is -6.30.